The van der Waals surface area contributed by atoms with E-state index in [1.54, 1.807) is 6.08 Å². The second kappa shape index (κ2) is 31.6. The summed E-state index contributed by atoms with van der Waals surface area (Å²) in [5.74, 6) is -1.58. The molecular formula is C38H67NO6S. The predicted molar refractivity (Wildman–Crippen MR) is 194 cm³/mol. The minimum atomic E-state index is -4.46. The van der Waals surface area contributed by atoms with Gasteiger partial charge in [0.1, 0.15) is 6.10 Å². The molecule has 0 heterocycles. The number of aliphatic hydroxyl groups is 2. The van der Waals surface area contributed by atoms with E-state index in [4.69, 9.17) is 0 Å². The Morgan fingerprint density at radius 3 is 1.57 bits per heavy atom. The molecule has 0 saturated carbocycles. The Morgan fingerprint density at radius 2 is 1.04 bits per heavy atom. The van der Waals surface area contributed by atoms with Crippen LogP contribution in [0.2, 0.25) is 0 Å². The molecule has 4 N–H and O–H groups in total. The minimum absolute atomic E-state index is 0.256. The van der Waals surface area contributed by atoms with Gasteiger partial charge in [0, 0.05) is 0 Å². The number of carbonyl (C=O) groups is 1. The van der Waals surface area contributed by atoms with Gasteiger partial charge in [-0.3, -0.25) is 9.35 Å². The maximum Gasteiger partial charge on any atom is 0.267 e. The Morgan fingerprint density at radius 1 is 0.609 bits per heavy atom. The number of rotatable bonds is 31. The van der Waals surface area contributed by atoms with Crippen molar-refractivity contribution in [3.63, 3.8) is 0 Å². The van der Waals surface area contributed by atoms with Crippen molar-refractivity contribution in [2.75, 3.05) is 5.75 Å². The smallest absolute Gasteiger partial charge is 0.267 e. The lowest BCUT2D eigenvalue weighted by molar-refractivity contribution is -0.130. The van der Waals surface area contributed by atoms with E-state index in [0.717, 1.165) is 70.6 Å². The Bertz CT molecular complexity index is 970. The summed E-state index contributed by atoms with van der Waals surface area (Å²) in [6.07, 6.45) is 39.8. The van der Waals surface area contributed by atoms with E-state index in [0.29, 0.717) is 12.8 Å². The normalized spacial score (nSPS) is 14.8. The van der Waals surface area contributed by atoms with Gasteiger partial charge in [-0.15, -0.1) is 0 Å². The van der Waals surface area contributed by atoms with Crippen LogP contribution in [0.1, 0.15) is 149 Å². The van der Waals surface area contributed by atoms with Gasteiger partial charge in [-0.1, -0.05) is 132 Å². The Labute approximate surface area is 282 Å². The fourth-order valence-corrected chi connectivity index (χ4v) is 5.66. The molecule has 3 atom stereocenters. The first kappa shape index (κ1) is 44.0. The highest BCUT2D eigenvalue weighted by molar-refractivity contribution is 7.85. The first-order valence-electron chi connectivity index (χ1n) is 18.1. The molecule has 7 nitrogen and oxygen atoms in total. The van der Waals surface area contributed by atoms with Crippen molar-refractivity contribution >= 4 is 16.0 Å². The van der Waals surface area contributed by atoms with Gasteiger partial charge in [-0.05, 0) is 77.0 Å². The maximum atomic E-state index is 12.5. The standard InChI is InChI=1S/C38H67NO6S/c1-3-5-7-9-11-13-15-17-18-19-21-23-25-27-29-31-33-37(41)38(42)39-35(34-46(43,44)45)36(40)32-30-28-26-24-22-20-16-14-12-10-8-6-4-2/h11-14,17-18,22,24,30,32,35-37,40-41H,3-10,15-16,19-21,23,25-29,31,33-34H2,1-2H3,(H,39,42)(H,43,44,45)/b13-11-,14-12+,18-17-,24-22+,32-30+. The molecule has 0 aromatic heterocycles. The highest BCUT2D eigenvalue weighted by Gasteiger charge is 2.27. The summed E-state index contributed by atoms with van der Waals surface area (Å²) in [7, 11) is -4.46. The fraction of sp³-hybridized carbons (Fsp3) is 0.711. The molecule has 0 aliphatic heterocycles. The number of amides is 1. The van der Waals surface area contributed by atoms with Crippen LogP contribution in [0.25, 0.3) is 0 Å². The monoisotopic (exact) mass is 665 g/mol. The molecule has 0 aromatic rings. The van der Waals surface area contributed by atoms with Gasteiger partial charge in [0.15, 0.2) is 0 Å². The van der Waals surface area contributed by atoms with Gasteiger partial charge < -0.3 is 15.5 Å². The summed E-state index contributed by atoms with van der Waals surface area (Å²) in [6, 6.07) is -1.26. The summed E-state index contributed by atoms with van der Waals surface area (Å²) < 4.78 is 32.4. The fourth-order valence-electron chi connectivity index (χ4n) is 4.93. The molecule has 8 heteroatoms. The molecule has 0 spiro atoms. The first-order chi connectivity index (χ1) is 22.2. The van der Waals surface area contributed by atoms with Crippen LogP contribution in [0.3, 0.4) is 0 Å². The topological polar surface area (TPSA) is 124 Å². The van der Waals surface area contributed by atoms with Crippen LogP contribution in [0.4, 0.5) is 0 Å². The van der Waals surface area contributed by atoms with Crippen LogP contribution in [0.5, 0.6) is 0 Å². The zero-order valence-corrected chi connectivity index (χ0v) is 29.9. The van der Waals surface area contributed by atoms with Crippen molar-refractivity contribution in [1.29, 1.82) is 0 Å². The van der Waals surface area contributed by atoms with E-state index in [-0.39, 0.29) is 6.42 Å². The number of nitrogens with one attached hydrogen (secondary N) is 1. The van der Waals surface area contributed by atoms with Crippen molar-refractivity contribution in [2.45, 2.75) is 167 Å². The van der Waals surface area contributed by atoms with Crippen molar-refractivity contribution in [2.24, 2.45) is 0 Å². The lowest BCUT2D eigenvalue weighted by atomic mass is 10.0. The lowest BCUT2D eigenvalue weighted by Crippen LogP contribution is -2.50. The van der Waals surface area contributed by atoms with E-state index in [1.165, 1.54) is 51.0 Å². The summed E-state index contributed by atoms with van der Waals surface area (Å²) in [4.78, 5) is 12.5. The zero-order chi connectivity index (χ0) is 34.1. The van der Waals surface area contributed by atoms with Gasteiger partial charge in [0.05, 0.1) is 17.9 Å². The van der Waals surface area contributed by atoms with E-state index >= 15 is 0 Å². The number of unbranched alkanes of at least 4 members (excludes halogenated alkanes) is 14. The lowest BCUT2D eigenvalue weighted by Gasteiger charge is -2.22. The van der Waals surface area contributed by atoms with Crippen molar-refractivity contribution < 1.29 is 28.0 Å². The number of allylic oxidation sites excluding steroid dienone is 9. The first-order valence-corrected chi connectivity index (χ1v) is 19.7. The van der Waals surface area contributed by atoms with E-state index in [9.17, 15) is 28.0 Å². The number of hydrogen-bond acceptors (Lipinski definition) is 5. The molecule has 0 bridgehead atoms. The molecule has 0 saturated heterocycles. The molecule has 0 radical (unpaired) electrons. The molecule has 0 aliphatic rings. The SMILES string of the molecule is CCCCC/C=C\C/C=C\CCCCCCCCC(O)C(=O)NC(CS(=O)(=O)O)C(O)/C=C/CC/C=C/CC/C=C/CCCCC. The van der Waals surface area contributed by atoms with E-state index in [2.05, 4.69) is 67.8 Å². The number of aliphatic hydroxyl groups excluding tert-OH is 2. The van der Waals surface area contributed by atoms with Crippen LogP contribution in [-0.4, -0.2) is 53.1 Å². The molecule has 0 rings (SSSR count). The quantitative estimate of drug-likeness (QED) is 0.0333. The highest BCUT2D eigenvalue weighted by atomic mass is 32.2. The summed E-state index contributed by atoms with van der Waals surface area (Å²) in [5.41, 5.74) is 0. The molecule has 266 valence electrons. The van der Waals surface area contributed by atoms with Gasteiger partial charge in [0.25, 0.3) is 10.1 Å². The molecule has 0 aromatic carbocycles. The average molecular weight is 666 g/mol. The second-order valence-corrected chi connectivity index (χ2v) is 13.8. The average Bonchev–Trinajstić information content (AvgIpc) is 3.01. The Balaban J connectivity index is 4.22. The van der Waals surface area contributed by atoms with Crippen molar-refractivity contribution in [1.82, 2.24) is 5.32 Å². The van der Waals surface area contributed by atoms with E-state index < -0.39 is 40.0 Å². The van der Waals surface area contributed by atoms with Crippen molar-refractivity contribution in [3.8, 4) is 0 Å². The highest BCUT2D eigenvalue weighted by Crippen LogP contribution is 2.12. The Hall–Kier alpha value is -2.00. The predicted octanol–water partition coefficient (Wildman–Crippen LogP) is 9.09. The van der Waals surface area contributed by atoms with Crippen molar-refractivity contribution in [3.05, 3.63) is 60.8 Å². The van der Waals surface area contributed by atoms with Gasteiger partial charge >= 0.3 is 0 Å². The molecule has 0 aliphatic carbocycles. The van der Waals surface area contributed by atoms with Gasteiger partial charge in [-0.25, -0.2) is 0 Å². The van der Waals surface area contributed by atoms with Crippen LogP contribution < -0.4 is 5.32 Å². The third kappa shape index (κ3) is 30.6. The minimum Gasteiger partial charge on any atom is -0.387 e. The summed E-state index contributed by atoms with van der Waals surface area (Å²) in [5, 5.41) is 23.2. The third-order valence-corrected chi connectivity index (χ3v) is 8.53. The van der Waals surface area contributed by atoms with Crippen LogP contribution in [-0.2, 0) is 14.9 Å². The summed E-state index contributed by atoms with van der Waals surface area (Å²) in [6.45, 7) is 4.42. The van der Waals surface area contributed by atoms with Crippen LogP contribution in [0.15, 0.2) is 60.8 Å². The maximum absolute atomic E-state index is 12.5. The molecule has 3 unspecified atom stereocenters. The van der Waals surface area contributed by atoms with E-state index in [1.807, 2.05) is 0 Å². The van der Waals surface area contributed by atoms with Gasteiger partial charge in [-0.2, -0.15) is 8.42 Å². The summed E-state index contributed by atoms with van der Waals surface area (Å²) >= 11 is 0. The van der Waals surface area contributed by atoms with Crippen LogP contribution >= 0.6 is 0 Å². The van der Waals surface area contributed by atoms with Gasteiger partial charge in [0.2, 0.25) is 5.91 Å². The molecule has 46 heavy (non-hydrogen) atoms. The second-order valence-electron chi connectivity index (χ2n) is 12.3. The zero-order valence-electron chi connectivity index (χ0n) is 29.0. The molecule has 1 amide bonds. The number of carbonyl (C=O) groups excluding carboxylic acids is 1. The third-order valence-electron chi connectivity index (χ3n) is 7.75. The molecular weight excluding hydrogens is 598 g/mol. The van der Waals surface area contributed by atoms with Crippen LogP contribution in [0, 0.1) is 0 Å². The molecule has 0 fully saturated rings. The number of hydrogen-bond donors (Lipinski definition) is 4. The Kier molecular flexibility index (Phi) is 30.2. The largest absolute Gasteiger partial charge is 0.387 e.